The fourth-order valence-corrected chi connectivity index (χ4v) is 4.03. The molecule has 0 aliphatic carbocycles. The number of hydrogen-bond donors (Lipinski definition) is 2. The highest BCUT2D eigenvalue weighted by Gasteiger charge is 2.14. The Morgan fingerprint density at radius 2 is 1.65 bits per heavy atom. The third-order valence-corrected chi connectivity index (χ3v) is 5.78. The summed E-state index contributed by atoms with van der Waals surface area (Å²) in [4.78, 5) is 33.5. The summed E-state index contributed by atoms with van der Waals surface area (Å²) in [5.41, 5.74) is 3.48. The minimum absolute atomic E-state index is 0.171. The van der Waals surface area contributed by atoms with Crippen LogP contribution in [-0.4, -0.2) is 28.1 Å². The van der Waals surface area contributed by atoms with E-state index in [-0.39, 0.29) is 17.4 Å². The van der Waals surface area contributed by atoms with Crippen LogP contribution in [0.4, 0.5) is 26.5 Å². The van der Waals surface area contributed by atoms with Gasteiger partial charge in [-0.15, -0.1) is 0 Å². The van der Waals surface area contributed by atoms with Crippen LogP contribution in [0.5, 0.6) is 5.75 Å². The quantitative estimate of drug-likeness (QED) is 0.166. The van der Waals surface area contributed by atoms with E-state index in [2.05, 4.69) is 15.6 Å². The number of aromatic nitrogens is 2. The Hall–Kier alpha value is -5.31. The van der Waals surface area contributed by atoms with Crippen molar-refractivity contribution < 1.29 is 23.5 Å². The molecule has 4 aromatic carbocycles. The van der Waals surface area contributed by atoms with Gasteiger partial charge in [-0.3, -0.25) is 5.32 Å². The van der Waals surface area contributed by atoms with Gasteiger partial charge in [0.2, 0.25) is 5.95 Å². The Kier molecular flexibility index (Phi) is 7.63. The van der Waals surface area contributed by atoms with Crippen LogP contribution >= 0.6 is 0 Å². The number of fused-ring (bicyclic) bond motifs is 1. The molecular weight excluding hydrogens is 511 g/mol. The highest BCUT2D eigenvalue weighted by Crippen LogP contribution is 2.32. The molecule has 0 unspecified atom stereocenters. The molecule has 0 fully saturated rings. The van der Waals surface area contributed by atoms with Crippen LogP contribution in [0.2, 0.25) is 0 Å². The van der Waals surface area contributed by atoms with Crippen molar-refractivity contribution in [3.8, 4) is 16.9 Å². The third kappa shape index (κ3) is 6.21. The number of amides is 1. The Bertz CT molecular complexity index is 1690. The van der Waals surface area contributed by atoms with Gasteiger partial charge >= 0.3 is 12.1 Å². The van der Waals surface area contributed by atoms with Gasteiger partial charge in [0, 0.05) is 28.5 Å². The maximum Gasteiger partial charge on any atom is 0.419 e. The van der Waals surface area contributed by atoms with Crippen molar-refractivity contribution in [2.75, 3.05) is 10.6 Å². The predicted octanol–water partition coefficient (Wildman–Crippen LogP) is 7.36. The first kappa shape index (κ1) is 26.3. The van der Waals surface area contributed by atoms with Gasteiger partial charge in [0.15, 0.2) is 11.6 Å². The molecule has 200 valence electrons. The summed E-state index contributed by atoms with van der Waals surface area (Å²) >= 11 is 0. The number of esters is 1. The van der Waals surface area contributed by atoms with E-state index in [1.165, 1.54) is 6.07 Å². The van der Waals surface area contributed by atoms with Crippen LogP contribution in [0, 0.1) is 5.82 Å². The van der Waals surface area contributed by atoms with Gasteiger partial charge in [0.25, 0.3) is 0 Å². The van der Waals surface area contributed by atoms with E-state index >= 15 is 0 Å². The van der Waals surface area contributed by atoms with E-state index in [0.717, 1.165) is 16.5 Å². The van der Waals surface area contributed by atoms with Crippen LogP contribution in [-0.2, 0) is 4.74 Å². The van der Waals surface area contributed by atoms with Crippen LogP contribution < -0.4 is 15.4 Å². The number of hydrogen-bond acceptors (Lipinski definition) is 7. The highest BCUT2D eigenvalue weighted by atomic mass is 19.1. The normalized spacial score (nSPS) is 10.8. The number of carbonyl (C=O) groups excluding carboxylic acids is 2. The molecule has 9 heteroatoms. The summed E-state index contributed by atoms with van der Waals surface area (Å²) in [6.45, 7) is 3.68. The second kappa shape index (κ2) is 11.6. The number of benzene rings is 4. The van der Waals surface area contributed by atoms with Crippen molar-refractivity contribution in [1.82, 2.24) is 9.97 Å². The second-order valence-electron chi connectivity index (χ2n) is 9.12. The molecule has 8 nitrogen and oxygen atoms in total. The van der Waals surface area contributed by atoms with Crippen molar-refractivity contribution in [3.05, 3.63) is 109 Å². The lowest BCUT2D eigenvalue weighted by molar-refractivity contribution is 0.0645. The molecule has 2 N–H and O–H groups in total. The lowest BCUT2D eigenvalue weighted by Gasteiger charge is -2.13. The smallest absolute Gasteiger partial charge is 0.419 e. The first-order chi connectivity index (χ1) is 19.4. The maximum atomic E-state index is 14.3. The molecule has 1 heterocycles. The molecule has 0 saturated heterocycles. The van der Waals surface area contributed by atoms with Crippen LogP contribution in [0.25, 0.3) is 22.0 Å². The molecule has 0 spiro atoms. The first-order valence-corrected chi connectivity index (χ1v) is 12.5. The first-order valence-electron chi connectivity index (χ1n) is 12.5. The molecule has 0 bridgehead atoms. The van der Waals surface area contributed by atoms with Gasteiger partial charge in [-0.1, -0.05) is 48.5 Å². The van der Waals surface area contributed by atoms with Crippen molar-refractivity contribution in [2.24, 2.45) is 0 Å². The molecule has 0 atom stereocenters. The number of rotatable bonds is 7. The summed E-state index contributed by atoms with van der Waals surface area (Å²) in [6.07, 6.45) is 0.613. The monoisotopic (exact) mass is 536 g/mol. The van der Waals surface area contributed by atoms with Crippen LogP contribution in [0.15, 0.2) is 97.2 Å². The Labute approximate surface area is 229 Å². The fourth-order valence-electron chi connectivity index (χ4n) is 4.03. The standard InChI is InChI=1S/C31H25FN4O4/c1-19(2)39-27-16-21(14-15-26(27)32)25-13-6-10-22-18-33-30(36-28(22)25)34-23-11-7-12-24(17-23)35-31(38)40-29(37)20-8-4-3-5-9-20/h3-19H,1-2H3,(H,35,38)(H,33,34,36). The van der Waals surface area contributed by atoms with E-state index in [9.17, 15) is 14.0 Å². The molecule has 0 aliphatic rings. The van der Waals surface area contributed by atoms with E-state index in [1.54, 1.807) is 72.9 Å². The number of anilines is 3. The van der Waals surface area contributed by atoms with Crippen LogP contribution in [0.1, 0.15) is 24.2 Å². The fraction of sp³-hybridized carbons (Fsp3) is 0.0968. The zero-order valence-corrected chi connectivity index (χ0v) is 21.7. The van der Waals surface area contributed by atoms with Crippen molar-refractivity contribution in [3.63, 3.8) is 0 Å². The summed E-state index contributed by atoms with van der Waals surface area (Å²) in [5, 5.41) is 6.49. The van der Waals surface area contributed by atoms with Gasteiger partial charge in [0.05, 0.1) is 17.2 Å². The SMILES string of the molecule is CC(C)Oc1cc(-c2cccc3cnc(Nc4cccc(NC(=O)OC(=O)c5ccccc5)c4)nc23)ccc1F. The predicted molar refractivity (Wildman–Crippen MR) is 151 cm³/mol. The van der Waals surface area contributed by atoms with Crippen molar-refractivity contribution >= 4 is 40.3 Å². The summed E-state index contributed by atoms with van der Waals surface area (Å²) in [6, 6.07) is 25.5. The second-order valence-corrected chi connectivity index (χ2v) is 9.12. The Morgan fingerprint density at radius 3 is 2.45 bits per heavy atom. The third-order valence-electron chi connectivity index (χ3n) is 5.78. The van der Waals surface area contributed by atoms with Crippen molar-refractivity contribution in [2.45, 2.75) is 20.0 Å². The number of ether oxygens (including phenoxy) is 2. The Balaban J connectivity index is 1.35. The van der Waals surface area contributed by atoms with Crippen LogP contribution in [0.3, 0.4) is 0 Å². The molecule has 1 amide bonds. The zero-order valence-electron chi connectivity index (χ0n) is 21.7. The Morgan fingerprint density at radius 1 is 0.875 bits per heavy atom. The van der Waals surface area contributed by atoms with Gasteiger partial charge in [-0.05, 0) is 61.9 Å². The molecular formula is C31H25FN4O4. The average Bonchev–Trinajstić information content (AvgIpc) is 2.94. The number of para-hydroxylation sites is 1. The lowest BCUT2D eigenvalue weighted by atomic mass is 10.0. The number of nitrogens with one attached hydrogen (secondary N) is 2. The van der Waals surface area contributed by atoms with E-state index < -0.39 is 17.9 Å². The molecule has 1 aromatic heterocycles. The zero-order chi connectivity index (χ0) is 28.1. The summed E-state index contributed by atoms with van der Waals surface area (Å²) < 4.78 is 24.8. The van der Waals surface area contributed by atoms with E-state index in [4.69, 9.17) is 14.5 Å². The largest absolute Gasteiger partial charge is 0.488 e. The molecule has 0 radical (unpaired) electrons. The molecule has 5 rings (SSSR count). The summed E-state index contributed by atoms with van der Waals surface area (Å²) in [5.74, 6) is -0.696. The molecule has 0 aliphatic heterocycles. The average molecular weight is 537 g/mol. The van der Waals surface area contributed by atoms with Gasteiger partial charge in [-0.25, -0.2) is 23.9 Å². The topological polar surface area (TPSA) is 102 Å². The minimum atomic E-state index is -0.905. The van der Waals surface area contributed by atoms with Gasteiger partial charge < -0.3 is 14.8 Å². The lowest BCUT2D eigenvalue weighted by Crippen LogP contribution is -2.18. The van der Waals surface area contributed by atoms with Gasteiger partial charge in [0.1, 0.15) is 0 Å². The van der Waals surface area contributed by atoms with Gasteiger partial charge in [-0.2, -0.15) is 0 Å². The molecule has 5 aromatic rings. The van der Waals surface area contributed by atoms with E-state index in [0.29, 0.717) is 22.8 Å². The number of carbonyl (C=O) groups is 2. The maximum absolute atomic E-state index is 14.3. The number of halogens is 1. The molecule has 0 saturated carbocycles. The molecule has 40 heavy (non-hydrogen) atoms. The summed E-state index contributed by atoms with van der Waals surface area (Å²) in [7, 11) is 0. The minimum Gasteiger partial charge on any atom is -0.488 e. The highest BCUT2D eigenvalue weighted by molar-refractivity contribution is 6.00. The number of nitrogens with zero attached hydrogens (tertiary/aromatic N) is 2. The van der Waals surface area contributed by atoms with Crippen molar-refractivity contribution in [1.29, 1.82) is 0 Å². The van der Waals surface area contributed by atoms with E-state index in [1.807, 2.05) is 32.0 Å².